The molecule has 0 aliphatic rings. The topological polar surface area (TPSA) is 70.2 Å². The predicted octanol–water partition coefficient (Wildman–Crippen LogP) is 3.85. The Morgan fingerprint density at radius 3 is 2.12 bits per heavy atom. The van der Waals surface area contributed by atoms with Gasteiger partial charge in [-0.2, -0.15) is 0 Å². The molecule has 0 heterocycles. The van der Waals surface area contributed by atoms with Gasteiger partial charge >= 0.3 is 6.03 Å². The minimum Gasteiger partial charge on any atom is -0.348 e. The van der Waals surface area contributed by atoms with Crippen LogP contribution in [0, 0.1) is 11.7 Å². The first kappa shape index (κ1) is 19.4. The van der Waals surface area contributed by atoms with Gasteiger partial charge in [-0.3, -0.25) is 4.79 Å². The van der Waals surface area contributed by atoms with Crippen molar-refractivity contribution in [2.24, 2.45) is 5.92 Å². The van der Waals surface area contributed by atoms with Gasteiger partial charge in [0.2, 0.25) is 5.91 Å². The molecule has 0 radical (unpaired) electrons. The highest BCUT2D eigenvalue weighted by Crippen LogP contribution is 2.14. The number of anilines is 1. The number of carbonyl (C=O) groups excluding carboxylic acids is 2. The van der Waals surface area contributed by atoms with Crippen LogP contribution in [0.3, 0.4) is 0 Å². The predicted molar refractivity (Wildman–Crippen MR) is 100 cm³/mol. The van der Waals surface area contributed by atoms with Gasteiger partial charge in [0, 0.05) is 0 Å². The summed E-state index contributed by atoms with van der Waals surface area (Å²) in [5.74, 6) is -0.963. The molecule has 0 saturated heterocycles. The van der Waals surface area contributed by atoms with Crippen LogP contribution in [0.5, 0.6) is 0 Å². The molecule has 0 spiro atoms. The van der Waals surface area contributed by atoms with Crippen LogP contribution in [0.4, 0.5) is 14.9 Å². The minimum atomic E-state index is -0.743. The van der Waals surface area contributed by atoms with Crippen molar-refractivity contribution in [3.05, 3.63) is 66.0 Å². The largest absolute Gasteiger partial charge is 0.348 e. The van der Waals surface area contributed by atoms with Crippen molar-refractivity contribution in [1.29, 1.82) is 0 Å². The Kier molecular flexibility index (Phi) is 6.72. The molecular weight excluding hydrogens is 333 g/mol. The Labute approximate surface area is 153 Å². The van der Waals surface area contributed by atoms with Gasteiger partial charge in [0.25, 0.3) is 0 Å². The molecule has 0 aromatic heterocycles. The standard InChI is InChI=1S/C20H24FN3O2/c1-13(2)18(19(25)22-14(3)15-9-5-4-6-10-15)24-20(26)23-17-12-8-7-11-16(17)21/h4-14,18H,1-3H3,(H,22,25)(H2,23,24,26). The maximum atomic E-state index is 13.6. The van der Waals surface area contributed by atoms with E-state index in [0.29, 0.717) is 0 Å². The van der Waals surface area contributed by atoms with E-state index in [1.807, 2.05) is 51.1 Å². The molecule has 0 fully saturated rings. The second kappa shape index (κ2) is 8.99. The summed E-state index contributed by atoms with van der Waals surface area (Å²) in [4.78, 5) is 24.8. The number of para-hydroxylation sites is 1. The number of halogens is 1. The summed E-state index contributed by atoms with van der Waals surface area (Å²) in [7, 11) is 0. The first-order valence-electron chi connectivity index (χ1n) is 8.56. The van der Waals surface area contributed by atoms with Gasteiger partial charge in [0.05, 0.1) is 11.7 Å². The van der Waals surface area contributed by atoms with E-state index in [1.165, 1.54) is 18.2 Å². The number of nitrogens with one attached hydrogen (secondary N) is 3. The summed E-state index contributed by atoms with van der Waals surface area (Å²) < 4.78 is 13.6. The second-order valence-electron chi connectivity index (χ2n) is 6.44. The number of hydrogen-bond donors (Lipinski definition) is 3. The minimum absolute atomic E-state index is 0.0607. The van der Waals surface area contributed by atoms with Gasteiger partial charge < -0.3 is 16.0 Å². The van der Waals surface area contributed by atoms with Crippen LogP contribution in [-0.2, 0) is 4.79 Å². The van der Waals surface area contributed by atoms with Crippen molar-refractivity contribution >= 4 is 17.6 Å². The summed E-state index contributed by atoms with van der Waals surface area (Å²) in [5, 5.41) is 7.95. The van der Waals surface area contributed by atoms with Gasteiger partial charge in [-0.1, -0.05) is 56.3 Å². The quantitative estimate of drug-likeness (QED) is 0.735. The van der Waals surface area contributed by atoms with E-state index < -0.39 is 17.9 Å². The zero-order chi connectivity index (χ0) is 19.1. The Balaban J connectivity index is 2.00. The maximum Gasteiger partial charge on any atom is 0.319 e. The van der Waals surface area contributed by atoms with Crippen molar-refractivity contribution in [2.75, 3.05) is 5.32 Å². The average Bonchev–Trinajstić information content (AvgIpc) is 2.62. The molecule has 2 rings (SSSR count). The molecule has 3 N–H and O–H groups in total. The molecule has 0 aliphatic carbocycles. The molecule has 6 heteroatoms. The van der Waals surface area contributed by atoms with E-state index in [0.717, 1.165) is 5.56 Å². The highest BCUT2D eigenvalue weighted by Gasteiger charge is 2.25. The fourth-order valence-electron chi connectivity index (χ4n) is 2.53. The van der Waals surface area contributed by atoms with E-state index in [4.69, 9.17) is 0 Å². The number of rotatable bonds is 6. The van der Waals surface area contributed by atoms with Gasteiger partial charge in [-0.15, -0.1) is 0 Å². The van der Waals surface area contributed by atoms with E-state index in [1.54, 1.807) is 6.07 Å². The van der Waals surface area contributed by atoms with E-state index in [-0.39, 0.29) is 23.6 Å². The number of urea groups is 1. The fraction of sp³-hybridized carbons (Fsp3) is 0.300. The van der Waals surface area contributed by atoms with Crippen LogP contribution >= 0.6 is 0 Å². The van der Waals surface area contributed by atoms with Crippen LogP contribution in [0.2, 0.25) is 0 Å². The highest BCUT2D eigenvalue weighted by molar-refractivity contribution is 5.94. The third kappa shape index (κ3) is 5.31. The van der Waals surface area contributed by atoms with Gasteiger partial charge in [-0.05, 0) is 30.5 Å². The lowest BCUT2D eigenvalue weighted by molar-refractivity contribution is -0.124. The lowest BCUT2D eigenvalue weighted by atomic mass is 10.0. The molecule has 2 atom stereocenters. The summed E-state index contributed by atoms with van der Waals surface area (Å²) in [5.41, 5.74) is 1.03. The SMILES string of the molecule is CC(NC(=O)C(NC(=O)Nc1ccccc1F)C(C)C)c1ccccc1. The maximum absolute atomic E-state index is 13.6. The molecule has 2 aromatic rings. The monoisotopic (exact) mass is 357 g/mol. The lowest BCUT2D eigenvalue weighted by Gasteiger charge is -2.24. The Morgan fingerprint density at radius 2 is 1.50 bits per heavy atom. The molecule has 2 aromatic carbocycles. The second-order valence-corrected chi connectivity index (χ2v) is 6.44. The van der Waals surface area contributed by atoms with E-state index in [2.05, 4.69) is 16.0 Å². The Hall–Kier alpha value is -2.89. The normalized spacial score (nSPS) is 13.0. The van der Waals surface area contributed by atoms with Crippen LogP contribution in [0.25, 0.3) is 0 Å². The van der Waals surface area contributed by atoms with Crippen molar-refractivity contribution in [2.45, 2.75) is 32.9 Å². The highest BCUT2D eigenvalue weighted by atomic mass is 19.1. The third-order valence-electron chi connectivity index (χ3n) is 4.02. The number of benzene rings is 2. The van der Waals surface area contributed by atoms with Crippen molar-refractivity contribution < 1.29 is 14.0 Å². The molecular formula is C20H24FN3O2. The van der Waals surface area contributed by atoms with Crippen molar-refractivity contribution in [3.8, 4) is 0 Å². The van der Waals surface area contributed by atoms with Crippen LogP contribution in [-0.4, -0.2) is 18.0 Å². The molecule has 5 nitrogen and oxygen atoms in total. The van der Waals surface area contributed by atoms with E-state index >= 15 is 0 Å². The summed E-state index contributed by atoms with van der Waals surface area (Å²) >= 11 is 0. The smallest absolute Gasteiger partial charge is 0.319 e. The first-order valence-corrected chi connectivity index (χ1v) is 8.56. The molecule has 26 heavy (non-hydrogen) atoms. The molecule has 0 aliphatic heterocycles. The number of hydrogen-bond acceptors (Lipinski definition) is 2. The van der Waals surface area contributed by atoms with Gasteiger partial charge in [-0.25, -0.2) is 9.18 Å². The molecule has 2 unspecified atom stereocenters. The summed E-state index contributed by atoms with van der Waals surface area (Å²) in [6.07, 6.45) is 0. The van der Waals surface area contributed by atoms with Crippen LogP contribution in [0.15, 0.2) is 54.6 Å². The third-order valence-corrected chi connectivity index (χ3v) is 4.02. The average molecular weight is 357 g/mol. The zero-order valence-electron chi connectivity index (χ0n) is 15.1. The molecule has 0 saturated carbocycles. The molecule has 0 bridgehead atoms. The number of amides is 3. The Morgan fingerprint density at radius 1 is 0.885 bits per heavy atom. The van der Waals surface area contributed by atoms with Crippen LogP contribution in [0.1, 0.15) is 32.4 Å². The first-order chi connectivity index (χ1) is 12.4. The van der Waals surface area contributed by atoms with Crippen molar-refractivity contribution in [1.82, 2.24) is 10.6 Å². The fourth-order valence-corrected chi connectivity index (χ4v) is 2.53. The van der Waals surface area contributed by atoms with Crippen LogP contribution < -0.4 is 16.0 Å². The van der Waals surface area contributed by atoms with Crippen molar-refractivity contribution in [3.63, 3.8) is 0 Å². The van der Waals surface area contributed by atoms with E-state index in [9.17, 15) is 14.0 Å². The zero-order valence-corrected chi connectivity index (χ0v) is 15.1. The lowest BCUT2D eigenvalue weighted by Crippen LogP contribution is -2.51. The van der Waals surface area contributed by atoms with Gasteiger partial charge in [0.15, 0.2) is 0 Å². The Bertz CT molecular complexity index is 750. The van der Waals surface area contributed by atoms with Gasteiger partial charge in [0.1, 0.15) is 11.9 Å². The molecule has 138 valence electrons. The molecule has 3 amide bonds. The summed E-state index contributed by atoms with van der Waals surface area (Å²) in [6.45, 7) is 5.55. The summed E-state index contributed by atoms with van der Waals surface area (Å²) in [6, 6.07) is 13.9. The number of carbonyl (C=O) groups is 2.